The van der Waals surface area contributed by atoms with Crippen molar-refractivity contribution in [1.29, 1.82) is 0 Å². The number of anilines is 3. The topological polar surface area (TPSA) is 86.7 Å². The maximum absolute atomic E-state index is 10.8. The summed E-state index contributed by atoms with van der Waals surface area (Å²) in [6.45, 7) is 0.422. The summed E-state index contributed by atoms with van der Waals surface area (Å²) in [4.78, 5) is 13.0. The molecule has 8 heteroatoms. The summed E-state index contributed by atoms with van der Waals surface area (Å²) in [5, 5.41) is 8.84. The van der Waals surface area contributed by atoms with E-state index in [1.54, 1.807) is 28.4 Å². The van der Waals surface area contributed by atoms with Gasteiger partial charge in [0.2, 0.25) is 5.75 Å². The van der Waals surface area contributed by atoms with Gasteiger partial charge in [0, 0.05) is 34.6 Å². The standard InChI is InChI=1S/C44H45NO7/c1-48-39-31-35(24-20-33-28-41(50-3)44(42(29-33)51-4)52-27-13-7-12-18-43(46)47)40(49-2)30-34(39)23-19-32-21-25-38(26-22-32)45(36-14-8-5-9-15-36)37-16-10-6-11-17-37/h5-6,8-11,14-17,19-26,28-31H,7,12-13,18,27H2,1-4H3,(H,46,47). The molecule has 5 aromatic carbocycles. The minimum absolute atomic E-state index is 0.156. The van der Waals surface area contributed by atoms with Gasteiger partial charge in [-0.2, -0.15) is 0 Å². The molecule has 0 heterocycles. The first-order valence-electron chi connectivity index (χ1n) is 17.2. The molecular weight excluding hydrogens is 654 g/mol. The van der Waals surface area contributed by atoms with Gasteiger partial charge in [-0.05, 0) is 91.1 Å². The molecule has 0 unspecified atom stereocenters. The van der Waals surface area contributed by atoms with Gasteiger partial charge in [0.15, 0.2) is 11.5 Å². The van der Waals surface area contributed by atoms with Crippen LogP contribution in [0.4, 0.5) is 17.1 Å². The second-order valence-electron chi connectivity index (χ2n) is 11.9. The summed E-state index contributed by atoms with van der Waals surface area (Å²) in [5.74, 6) is 2.19. The van der Waals surface area contributed by atoms with Crippen molar-refractivity contribution in [3.63, 3.8) is 0 Å². The maximum Gasteiger partial charge on any atom is 0.303 e. The molecule has 52 heavy (non-hydrogen) atoms. The van der Waals surface area contributed by atoms with E-state index in [4.69, 9.17) is 28.8 Å². The third-order valence-electron chi connectivity index (χ3n) is 8.44. The number of nitrogens with zero attached hydrogens (tertiary/aromatic N) is 1. The molecular formula is C44H45NO7. The van der Waals surface area contributed by atoms with Crippen LogP contribution < -0.4 is 28.6 Å². The first kappa shape index (κ1) is 37.1. The monoisotopic (exact) mass is 699 g/mol. The number of methoxy groups -OCH3 is 4. The lowest BCUT2D eigenvalue weighted by molar-refractivity contribution is -0.137. The van der Waals surface area contributed by atoms with Crippen LogP contribution in [0.2, 0.25) is 0 Å². The fraction of sp³-hybridized carbons (Fsp3) is 0.205. The predicted molar refractivity (Wildman–Crippen MR) is 210 cm³/mol. The lowest BCUT2D eigenvalue weighted by Crippen LogP contribution is -2.09. The number of aliphatic carboxylic acids is 1. The normalized spacial score (nSPS) is 11.1. The van der Waals surface area contributed by atoms with Gasteiger partial charge in [0.25, 0.3) is 0 Å². The molecule has 0 aliphatic heterocycles. The zero-order valence-corrected chi connectivity index (χ0v) is 30.1. The summed E-state index contributed by atoms with van der Waals surface area (Å²) in [5.41, 5.74) is 6.84. The number of hydrogen-bond donors (Lipinski definition) is 1. The fourth-order valence-corrected chi connectivity index (χ4v) is 5.78. The molecule has 0 fully saturated rings. The average Bonchev–Trinajstić information content (AvgIpc) is 3.18. The highest BCUT2D eigenvalue weighted by Crippen LogP contribution is 2.40. The molecule has 0 bridgehead atoms. The van der Waals surface area contributed by atoms with Crippen molar-refractivity contribution in [1.82, 2.24) is 0 Å². The highest BCUT2D eigenvalue weighted by atomic mass is 16.5. The van der Waals surface area contributed by atoms with Crippen LogP contribution in [0.3, 0.4) is 0 Å². The number of carboxylic acid groups (broad SMARTS) is 1. The Morgan fingerprint density at radius 2 is 1.04 bits per heavy atom. The Kier molecular flexibility index (Phi) is 13.4. The molecule has 0 aliphatic rings. The number of rotatable bonds is 18. The lowest BCUT2D eigenvalue weighted by Gasteiger charge is -2.25. The van der Waals surface area contributed by atoms with Crippen LogP contribution in [-0.2, 0) is 4.79 Å². The van der Waals surface area contributed by atoms with Crippen LogP contribution in [-0.4, -0.2) is 46.1 Å². The molecule has 0 spiro atoms. The molecule has 5 aromatic rings. The summed E-state index contributed by atoms with van der Waals surface area (Å²) in [6.07, 6.45) is 10.2. The van der Waals surface area contributed by atoms with E-state index in [9.17, 15) is 4.79 Å². The SMILES string of the molecule is COc1cc(C=Cc2cc(OC)c(OCCCCCC(=O)O)c(OC)c2)c(OC)cc1C=Cc1ccc(N(c2ccccc2)c2ccccc2)cc1. The Hall–Kier alpha value is -6.15. The molecule has 0 atom stereocenters. The average molecular weight is 700 g/mol. The van der Waals surface area contributed by atoms with Crippen molar-refractivity contribution in [2.45, 2.75) is 25.7 Å². The van der Waals surface area contributed by atoms with Crippen molar-refractivity contribution < 1.29 is 33.6 Å². The number of benzene rings is 5. The second kappa shape index (κ2) is 18.7. The first-order valence-corrected chi connectivity index (χ1v) is 17.2. The summed E-state index contributed by atoms with van der Waals surface area (Å²) in [6, 6.07) is 36.8. The number of ether oxygens (including phenoxy) is 5. The largest absolute Gasteiger partial charge is 0.496 e. The van der Waals surface area contributed by atoms with Crippen molar-refractivity contribution in [3.05, 3.63) is 131 Å². The van der Waals surface area contributed by atoms with E-state index in [0.29, 0.717) is 41.8 Å². The third-order valence-corrected chi connectivity index (χ3v) is 8.44. The first-order chi connectivity index (χ1) is 25.4. The second-order valence-corrected chi connectivity index (χ2v) is 11.9. The van der Waals surface area contributed by atoms with Crippen molar-refractivity contribution in [2.24, 2.45) is 0 Å². The van der Waals surface area contributed by atoms with E-state index in [1.165, 1.54) is 0 Å². The summed E-state index contributed by atoms with van der Waals surface area (Å²) < 4.78 is 28.9. The van der Waals surface area contributed by atoms with Gasteiger partial charge in [-0.1, -0.05) is 72.8 Å². The van der Waals surface area contributed by atoms with E-state index < -0.39 is 5.97 Å². The van der Waals surface area contributed by atoms with Gasteiger partial charge in [-0.25, -0.2) is 0 Å². The molecule has 268 valence electrons. The van der Waals surface area contributed by atoms with Gasteiger partial charge in [-0.3, -0.25) is 4.79 Å². The smallest absolute Gasteiger partial charge is 0.303 e. The molecule has 0 aliphatic carbocycles. The van der Waals surface area contributed by atoms with E-state index in [0.717, 1.165) is 52.2 Å². The van der Waals surface area contributed by atoms with Gasteiger partial charge in [0.05, 0.1) is 35.0 Å². The molecule has 0 saturated carbocycles. The Morgan fingerprint density at radius 3 is 1.52 bits per heavy atom. The van der Waals surface area contributed by atoms with Crippen LogP contribution in [0.5, 0.6) is 28.7 Å². The molecule has 0 radical (unpaired) electrons. The Balaban J connectivity index is 1.33. The maximum atomic E-state index is 10.8. The molecule has 5 rings (SSSR count). The Bertz CT molecular complexity index is 1890. The number of para-hydroxylation sites is 2. The molecule has 1 N–H and O–H groups in total. The van der Waals surface area contributed by atoms with Gasteiger partial charge < -0.3 is 33.7 Å². The molecule has 0 aromatic heterocycles. The molecule has 0 saturated heterocycles. The number of hydrogen-bond acceptors (Lipinski definition) is 7. The van der Waals surface area contributed by atoms with E-state index in [-0.39, 0.29) is 6.42 Å². The number of unbranched alkanes of at least 4 members (excludes halogenated alkanes) is 2. The zero-order valence-electron chi connectivity index (χ0n) is 30.1. The highest BCUT2D eigenvalue weighted by molar-refractivity contribution is 5.81. The fourth-order valence-electron chi connectivity index (χ4n) is 5.78. The van der Waals surface area contributed by atoms with Crippen LogP contribution in [0.25, 0.3) is 24.3 Å². The predicted octanol–water partition coefficient (Wildman–Crippen LogP) is 10.6. The van der Waals surface area contributed by atoms with Gasteiger partial charge >= 0.3 is 5.97 Å². The van der Waals surface area contributed by atoms with Crippen molar-refractivity contribution >= 4 is 47.3 Å². The van der Waals surface area contributed by atoms with Crippen LogP contribution in [0.15, 0.2) is 109 Å². The lowest BCUT2D eigenvalue weighted by atomic mass is 10.0. The highest BCUT2D eigenvalue weighted by Gasteiger charge is 2.15. The van der Waals surface area contributed by atoms with Gasteiger partial charge in [-0.15, -0.1) is 0 Å². The Morgan fingerprint density at radius 1 is 0.558 bits per heavy atom. The Labute approximate surface area is 306 Å². The van der Waals surface area contributed by atoms with E-state index in [2.05, 4.69) is 59.5 Å². The zero-order chi connectivity index (χ0) is 36.7. The molecule has 0 amide bonds. The van der Waals surface area contributed by atoms with Crippen LogP contribution in [0.1, 0.15) is 47.9 Å². The quantitative estimate of drug-likeness (QED) is 0.0714. The van der Waals surface area contributed by atoms with Crippen molar-refractivity contribution in [3.8, 4) is 28.7 Å². The summed E-state index contributed by atoms with van der Waals surface area (Å²) >= 11 is 0. The number of carboxylic acids is 1. The summed E-state index contributed by atoms with van der Waals surface area (Å²) in [7, 11) is 6.47. The van der Waals surface area contributed by atoms with E-state index in [1.807, 2.05) is 78.9 Å². The van der Waals surface area contributed by atoms with Crippen molar-refractivity contribution in [2.75, 3.05) is 39.9 Å². The molecule has 8 nitrogen and oxygen atoms in total. The number of carbonyl (C=O) groups is 1. The van der Waals surface area contributed by atoms with Crippen LogP contribution in [0, 0.1) is 0 Å². The minimum atomic E-state index is -0.787. The van der Waals surface area contributed by atoms with E-state index >= 15 is 0 Å². The third kappa shape index (κ3) is 9.75. The van der Waals surface area contributed by atoms with Gasteiger partial charge in [0.1, 0.15) is 11.5 Å². The van der Waals surface area contributed by atoms with Crippen LogP contribution >= 0.6 is 0 Å². The minimum Gasteiger partial charge on any atom is -0.496 e.